The summed E-state index contributed by atoms with van der Waals surface area (Å²) in [7, 11) is 1.17. The minimum atomic E-state index is -4.53. The molecule has 0 heterocycles. The van der Waals surface area contributed by atoms with Gasteiger partial charge in [0.15, 0.2) is 5.78 Å². The predicted octanol–water partition coefficient (Wildman–Crippen LogP) is 4.33. The minimum absolute atomic E-state index is 0.0778. The van der Waals surface area contributed by atoms with Crippen molar-refractivity contribution in [1.29, 1.82) is 0 Å². The van der Waals surface area contributed by atoms with Crippen LogP contribution in [0.15, 0.2) is 18.2 Å². The van der Waals surface area contributed by atoms with Crippen molar-refractivity contribution in [3.63, 3.8) is 0 Å². The Balaban J connectivity index is 3.15. The molecule has 1 unspecified atom stereocenters. The van der Waals surface area contributed by atoms with Crippen molar-refractivity contribution in [3.8, 4) is 5.75 Å². The fraction of sp³-hybridized carbons (Fsp3) is 0.500. The SMILES string of the molecule is CCCC(C)C(=O)c1ccc(OC)c(C(F)(F)F)c1. The van der Waals surface area contributed by atoms with Gasteiger partial charge in [-0.2, -0.15) is 13.2 Å². The molecular formula is C14H17F3O2. The van der Waals surface area contributed by atoms with Crippen LogP contribution < -0.4 is 4.74 Å². The Kier molecular flexibility index (Phi) is 4.97. The monoisotopic (exact) mass is 274 g/mol. The molecule has 19 heavy (non-hydrogen) atoms. The van der Waals surface area contributed by atoms with Crippen LogP contribution in [0.2, 0.25) is 0 Å². The van der Waals surface area contributed by atoms with Crippen molar-refractivity contribution in [2.24, 2.45) is 5.92 Å². The van der Waals surface area contributed by atoms with Crippen LogP contribution in [-0.2, 0) is 6.18 Å². The molecule has 0 aromatic heterocycles. The summed E-state index contributed by atoms with van der Waals surface area (Å²) >= 11 is 0. The Labute approximate surface area is 110 Å². The summed E-state index contributed by atoms with van der Waals surface area (Å²) in [6.45, 7) is 3.66. The van der Waals surface area contributed by atoms with E-state index in [0.717, 1.165) is 12.5 Å². The smallest absolute Gasteiger partial charge is 0.419 e. The molecule has 0 aliphatic heterocycles. The van der Waals surface area contributed by atoms with Crippen molar-refractivity contribution in [3.05, 3.63) is 29.3 Å². The van der Waals surface area contributed by atoms with Crippen molar-refractivity contribution >= 4 is 5.78 Å². The highest BCUT2D eigenvalue weighted by Crippen LogP contribution is 2.37. The number of hydrogen-bond acceptors (Lipinski definition) is 2. The van der Waals surface area contributed by atoms with E-state index in [1.807, 2.05) is 6.92 Å². The van der Waals surface area contributed by atoms with Gasteiger partial charge in [-0.05, 0) is 24.6 Å². The van der Waals surface area contributed by atoms with Gasteiger partial charge in [-0.1, -0.05) is 20.3 Å². The van der Waals surface area contributed by atoms with E-state index in [2.05, 4.69) is 4.74 Å². The first-order valence-electron chi connectivity index (χ1n) is 6.10. The van der Waals surface area contributed by atoms with Gasteiger partial charge in [0.2, 0.25) is 0 Å². The summed E-state index contributed by atoms with van der Waals surface area (Å²) in [4.78, 5) is 12.0. The molecule has 0 aliphatic carbocycles. The lowest BCUT2D eigenvalue weighted by molar-refractivity contribution is -0.138. The second kappa shape index (κ2) is 6.08. The molecule has 0 saturated heterocycles. The van der Waals surface area contributed by atoms with Crippen molar-refractivity contribution in [2.45, 2.75) is 32.9 Å². The predicted molar refractivity (Wildman–Crippen MR) is 66.4 cm³/mol. The van der Waals surface area contributed by atoms with E-state index in [1.165, 1.54) is 19.2 Å². The van der Waals surface area contributed by atoms with Crippen LogP contribution in [0.5, 0.6) is 5.75 Å². The Morgan fingerprint density at radius 3 is 2.47 bits per heavy atom. The summed E-state index contributed by atoms with van der Waals surface area (Å²) in [5.41, 5.74) is -0.835. The average Bonchev–Trinajstić information content (AvgIpc) is 2.36. The molecule has 0 fully saturated rings. The number of carbonyl (C=O) groups excluding carboxylic acids is 1. The molecule has 0 amide bonds. The summed E-state index contributed by atoms with van der Waals surface area (Å²) in [5, 5.41) is 0. The second-order valence-electron chi connectivity index (χ2n) is 4.47. The van der Waals surface area contributed by atoms with E-state index < -0.39 is 11.7 Å². The average molecular weight is 274 g/mol. The molecule has 0 radical (unpaired) electrons. The molecule has 0 aliphatic rings. The van der Waals surface area contributed by atoms with Crippen LogP contribution in [0.4, 0.5) is 13.2 Å². The van der Waals surface area contributed by atoms with Crippen molar-refractivity contribution in [1.82, 2.24) is 0 Å². The molecule has 106 valence electrons. The molecule has 0 spiro atoms. The number of alkyl halides is 3. The molecule has 0 N–H and O–H groups in total. The highest BCUT2D eigenvalue weighted by molar-refractivity contribution is 5.98. The number of ketones is 1. The number of hydrogen-bond donors (Lipinski definition) is 0. The van der Waals surface area contributed by atoms with Crippen LogP contribution in [0.25, 0.3) is 0 Å². The highest BCUT2D eigenvalue weighted by Gasteiger charge is 2.35. The molecular weight excluding hydrogens is 257 g/mol. The molecule has 5 heteroatoms. The van der Waals surface area contributed by atoms with Gasteiger partial charge < -0.3 is 4.74 Å². The number of benzene rings is 1. The third kappa shape index (κ3) is 3.72. The number of Topliss-reactive ketones (excluding diaryl/α,β-unsaturated/α-hetero) is 1. The van der Waals surface area contributed by atoms with E-state index in [9.17, 15) is 18.0 Å². The molecule has 2 nitrogen and oxygen atoms in total. The molecule has 0 saturated carbocycles. The first-order valence-corrected chi connectivity index (χ1v) is 6.10. The maximum atomic E-state index is 12.8. The van der Waals surface area contributed by atoms with E-state index in [1.54, 1.807) is 6.92 Å². The van der Waals surface area contributed by atoms with Crippen LogP contribution in [-0.4, -0.2) is 12.9 Å². The summed E-state index contributed by atoms with van der Waals surface area (Å²) in [6, 6.07) is 3.44. The molecule has 1 aromatic rings. The third-order valence-electron chi connectivity index (χ3n) is 2.96. The summed E-state index contributed by atoms with van der Waals surface area (Å²) < 4.78 is 43.2. The lowest BCUT2D eigenvalue weighted by Gasteiger charge is -2.14. The van der Waals surface area contributed by atoms with Gasteiger partial charge in [0.1, 0.15) is 5.75 Å². The minimum Gasteiger partial charge on any atom is -0.496 e. The molecule has 1 rings (SSSR count). The first-order chi connectivity index (χ1) is 8.81. The van der Waals surface area contributed by atoms with Crippen LogP contribution in [0.3, 0.4) is 0 Å². The van der Waals surface area contributed by atoms with Crippen molar-refractivity contribution < 1.29 is 22.7 Å². The Bertz CT molecular complexity index is 452. The lowest BCUT2D eigenvalue weighted by Crippen LogP contribution is -2.14. The Morgan fingerprint density at radius 1 is 1.37 bits per heavy atom. The summed E-state index contributed by atoms with van der Waals surface area (Å²) in [5.74, 6) is -0.818. The number of rotatable bonds is 5. The van der Waals surface area contributed by atoms with Crippen LogP contribution in [0, 0.1) is 5.92 Å². The Hall–Kier alpha value is -1.52. The number of carbonyl (C=O) groups is 1. The Morgan fingerprint density at radius 2 is 2.00 bits per heavy atom. The van der Waals surface area contributed by atoms with E-state index in [0.29, 0.717) is 6.42 Å². The largest absolute Gasteiger partial charge is 0.496 e. The quantitative estimate of drug-likeness (QED) is 0.747. The van der Waals surface area contributed by atoms with Gasteiger partial charge in [0, 0.05) is 11.5 Å². The standard InChI is InChI=1S/C14H17F3O2/c1-4-5-9(2)13(18)10-6-7-12(19-3)11(8-10)14(15,16)17/h6-9H,4-5H2,1-3H3. The fourth-order valence-electron chi connectivity index (χ4n) is 1.93. The van der Waals surface area contributed by atoms with Gasteiger partial charge in [0.05, 0.1) is 12.7 Å². The van der Waals surface area contributed by atoms with Gasteiger partial charge in [-0.15, -0.1) is 0 Å². The van der Waals surface area contributed by atoms with Crippen molar-refractivity contribution in [2.75, 3.05) is 7.11 Å². The number of ether oxygens (including phenoxy) is 1. The van der Waals surface area contributed by atoms with E-state index in [4.69, 9.17) is 0 Å². The van der Waals surface area contributed by atoms with E-state index >= 15 is 0 Å². The van der Waals surface area contributed by atoms with Gasteiger partial charge in [0.25, 0.3) is 0 Å². The highest BCUT2D eigenvalue weighted by atomic mass is 19.4. The van der Waals surface area contributed by atoms with Crippen LogP contribution >= 0.6 is 0 Å². The van der Waals surface area contributed by atoms with E-state index in [-0.39, 0.29) is 23.0 Å². The first kappa shape index (κ1) is 15.5. The van der Waals surface area contributed by atoms with Gasteiger partial charge >= 0.3 is 6.18 Å². The number of halogens is 3. The maximum absolute atomic E-state index is 12.8. The zero-order chi connectivity index (χ0) is 14.6. The zero-order valence-electron chi connectivity index (χ0n) is 11.2. The van der Waals surface area contributed by atoms with Gasteiger partial charge in [-0.3, -0.25) is 4.79 Å². The zero-order valence-corrected chi connectivity index (χ0v) is 11.2. The lowest BCUT2D eigenvalue weighted by atomic mass is 9.94. The topological polar surface area (TPSA) is 26.3 Å². The molecule has 0 bridgehead atoms. The number of methoxy groups -OCH3 is 1. The second-order valence-corrected chi connectivity index (χ2v) is 4.47. The molecule has 1 aromatic carbocycles. The summed E-state index contributed by atoms with van der Waals surface area (Å²) in [6.07, 6.45) is -3.06. The maximum Gasteiger partial charge on any atom is 0.419 e. The third-order valence-corrected chi connectivity index (χ3v) is 2.96. The van der Waals surface area contributed by atoms with Gasteiger partial charge in [-0.25, -0.2) is 0 Å². The normalized spacial score (nSPS) is 13.2. The molecule has 1 atom stereocenters. The fourth-order valence-corrected chi connectivity index (χ4v) is 1.93. The van der Waals surface area contributed by atoms with Crippen LogP contribution in [0.1, 0.15) is 42.6 Å².